The minimum absolute atomic E-state index is 0.115. The molecule has 1 heterocycles. The Morgan fingerprint density at radius 3 is 2.31 bits per heavy atom. The second-order valence-electron chi connectivity index (χ2n) is 7.64. The van der Waals surface area contributed by atoms with E-state index in [2.05, 4.69) is 9.97 Å². The lowest BCUT2D eigenvalue weighted by Crippen LogP contribution is -2.07. The smallest absolute Gasteiger partial charge is 0.416 e. The third kappa shape index (κ3) is 5.40. The summed E-state index contributed by atoms with van der Waals surface area (Å²) in [5.41, 5.74) is 0.853. The Morgan fingerprint density at radius 2 is 1.69 bits per heavy atom. The van der Waals surface area contributed by atoms with Crippen molar-refractivity contribution in [2.24, 2.45) is 0 Å². The van der Waals surface area contributed by atoms with Crippen molar-refractivity contribution in [3.8, 4) is 28.3 Å². The second kappa shape index (κ2) is 10.1. The topological polar surface area (TPSA) is 75.2 Å². The molecular formula is C26H17Cl2F3N2O3. The van der Waals surface area contributed by atoms with Gasteiger partial charge in [-0.1, -0.05) is 41.4 Å². The fourth-order valence-electron chi connectivity index (χ4n) is 3.55. The van der Waals surface area contributed by atoms with Crippen LogP contribution < -0.4 is 4.74 Å². The Bertz CT molecular complexity index is 1460. The number of nitrogens with zero attached hydrogens (tertiary/aromatic N) is 1. The van der Waals surface area contributed by atoms with E-state index in [4.69, 9.17) is 27.9 Å². The molecule has 3 aromatic carbocycles. The summed E-state index contributed by atoms with van der Waals surface area (Å²) in [6, 6.07) is 16.1. The lowest BCUT2D eigenvalue weighted by molar-refractivity contribution is -0.137. The molecule has 0 unspecified atom stereocenters. The highest BCUT2D eigenvalue weighted by Crippen LogP contribution is 2.36. The molecule has 0 aliphatic rings. The molecule has 4 rings (SSSR count). The zero-order valence-corrected chi connectivity index (χ0v) is 20.0. The number of hydrogen-bond acceptors (Lipinski definition) is 3. The van der Waals surface area contributed by atoms with Crippen LogP contribution in [-0.4, -0.2) is 28.2 Å². The molecule has 0 amide bonds. The number of carbonyl (C=O) groups is 1. The van der Waals surface area contributed by atoms with Crippen molar-refractivity contribution in [3.05, 3.63) is 93.7 Å². The summed E-state index contributed by atoms with van der Waals surface area (Å²) < 4.78 is 44.8. The number of nitrogens with one attached hydrogen (secondary N) is 1. The number of ether oxygens (including phenoxy) is 1. The third-order valence-electron chi connectivity index (χ3n) is 5.31. The number of carboxylic acid groups (broad SMARTS) is 1. The van der Waals surface area contributed by atoms with E-state index in [0.29, 0.717) is 38.3 Å². The van der Waals surface area contributed by atoms with E-state index in [1.165, 1.54) is 19.3 Å². The molecular weight excluding hydrogens is 516 g/mol. The van der Waals surface area contributed by atoms with Crippen molar-refractivity contribution in [3.63, 3.8) is 0 Å². The Labute approximate surface area is 213 Å². The van der Waals surface area contributed by atoms with Gasteiger partial charge >= 0.3 is 12.1 Å². The molecule has 0 bridgehead atoms. The summed E-state index contributed by atoms with van der Waals surface area (Å²) in [7, 11) is 1.54. The molecule has 36 heavy (non-hydrogen) atoms. The van der Waals surface area contributed by atoms with Crippen molar-refractivity contribution in [1.29, 1.82) is 0 Å². The minimum Gasteiger partial charge on any atom is -0.497 e. The Balaban J connectivity index is 1.88. The number of methoxy groups -OCH3 is 1. The van der Waals surface area contributed by atoms with Crippen LogP contribution in [0.4, 0.5) is 13.2 Å². The number of carboxylic acids is 1. The number of imidazole rings is 1. The number of rotatable bonds is 6. The van der Waals surface area contributed by atoms with Gasteiger partial charge in [-0.25, -0.2) is 9.78 Å². The SMILES string of the molecule is COc1ccc(-c2[nH]c(/C=C(/C(=O)O)c3cccc(C(F)(F)F)c3)nc2-c2ccc(Cl)c(Cl)c2)cc1. The molecule has 0 aliphatic heterocycles. The van der Waals surface area contributed by atoms with Gasteiger partial charge in [-0.2, -0.15) is 13.2 Å². The van der Waals surface area contributed by atoms with Crippen LogP contribution in [0.2, 0.25) is 10.0 Å². The highest BCUT2D eigenvalue weighted by molar-refractivity contribution is 6.42. The number of aliphatic carboxylic acids is 1. The van der Waals surface area contributed by atoms with Gasteiger partial charge in [0.2, 0.25) is 0 Å². The van der Waals surface area contributed by atoms with Crippen molar-refractivity contribution >= 4 is 40.8 Å². The summed E-state index contributed by atoms with van der Waals surface area (Å²) in [6.45, 7) is 0. The number of hydrogen-bond donors (Lipinski definition) is 2. The molecule has 10 heteroatoms. The van der Waals surface area contributed by atoms with E-state index in [-0.39, 0.29) is 17.0 Å². The van der Waals surface area contributed by atoms with Gasteiger partial charge in [0, 0.05) is 11.1 Å². The number of H-pyrrole nitrogens is 1. The van der Waals surface area contributed by atoms with Crippen LogP contribution in [0.5, 0.6) is 5.75 Å². The Kier molecular flexibility index (Phi) is 7.10. The van der Waals surface area contributed by atoms with E-state index in [0.717, 1.165) is 18.2 Å². The van der Waals surface area contributed by atoms with E-state index < -0.39 is 17.7 Å². The highest BCUT2D eigenvalue weighted by Gasteiger charge is 2.31. The molecule has 0 atom stereocenters. The Morgan fingerprint density at radius 1 is 1.00 bits per heavy atom. The predicted molar refractivity (Wildman–Crippen MR) is 133 cm³/mol. The van der Waals surface area contributed by atoms with E-state index >= 15 is 0 Å². The first-order chi connectivity index (χ1) is 17.1. The Hall–Kier alpha value is -3.75. The van der Waals surface area contributed by atoms with Crippen LogP contribution in [-0.2, 0) is 11.0 Å². The lowest BCUT2D eigenvalue weighted by atomic mass is 10.0. The van der Waals surface area contributed by atoms with E-state index in [9.17, 15) is 23.1 Å². The van der Waals surface area contributed by atoms with Crippen LogP contribution in [0.3, 0.4) is 0 Å². The molecule has 2 N–H and O–H groups in total. The normalized spacial score (nSPS) is 12.0. The third-order valence-corrected chi connectivity index (χ3v) is 6.05. The molecule has 0 spiro atoms. The summed E-state index contributed by atoms with van der Waals surface area (Å²) >= 11 is 12.2. The first kappa shape index (κ1) is 25.3. The molecule has 5 nitrogen and oxygen atoms in total. The van der Waals surface area contributed by atoms with E-state index in [1.54, 1.807) is 42.5 Å². The van der Waals surface area contributed by atoms with Gasteiger partial charge in [0.25, 0.3) is 0 Å². The summed E-state index contributed by atoms with van der Waals surface area (Å²) in [6.07, 6.45) is -3.43. The summed E-state index contributed by atoms with van der Waals surface area (Å²) in [4.78, 5) is 19.6. The van der Waals surface area contributed by atoms with Crippen molar-refractivity contribution < 1.29 is 27.8 Å². The van der Waals surface area contributed by atoms with Gasteiger partial charge in [0.05, 0.1) is 39.7 Å². The fraction of sp³-hybridized carbons (Fsp3) is 0.0769. The molecule has 0 aliphatic carbocycles. The van der Waals surface area contributed by atoms with Crippen molar-refractivity contribution in [2.75, 3.05) is 7.11 Å². The first-order valence-electron chi connectivity index (χ1n) is 10.4. The van der Waals surface area contributed by atoms with Crippen molar-refractivity contribution in [1.82, 2.24) is 9.97 Å². The predicted octanol–water partition coefficient (Wildman–Crippen LogP) is 7.70. The standard InChI is InChI=1S/C26H17Cl2F3N2O3/c1-36-18-8-5-14(6-9-18)23-24(16-7-10-20(27)21(28)12-16)33-22(32-23)13-19(25(34)35)15-3-2-4-17(11-15)26(29,30)31/h2-13H,1H3,(H,32,33)(H,34,35)/b19-13+. The second-order valence-corrected chi connectivity index (χ2v) is 8.46. The molecule has 184 valence electrons. The number of alkyl halides is 3. The largest absolute Gasteiger partial charge is 0.497 e. The van der Waals surface area contributed by atoms with Gasteiger partial charge in [-0.05, 0) is 60.2 Å². The van der Waals surface area contributed by atoms with Crippen LogP contribution in [0, 0.1) is 0 Å². The zero-order chi connectivity index (χ0) is 26.0. The van der Waals surface area contributed by atoms with Gasteiger partial charge in [-0.15, -0.1) is 0 Å². The average Bonchev–Trinajstić information content (AvgIpc) is 3.27. The first-order valence-corrected chi connectivity index (χ1v) is 11.1. The summed E-state index contributed by atoms with van der Waals surface area (Å²) in [5, 5.41) is 10.4. The summed E-state index contributed by atoms with van der Waals surface area (Å²) in [5.74, 6) is -0.656. The minimum atomic E-state index is -4.62. The fourth-order valence-corrected chi connectivity index (χ4v) is 3.85. The molecule has 0 saturated heterocycles. The lowest BCUT2D eigenvalue weighted by Gasteiger charge is -2.09. The monoisotopic (exact) mass is 532 g/mol. The van der Waals surface area contributed by atoms with Gasteiger partial charge in [-0.3, -0.25) is 0 Å². The maximum Gasteiger partial charge on any atom is 0.416 e. The number of aromatic nitrogens is 2. The highest BCUT2D eigenvalue weighted by atomic mass is 35.5. The van der Waals surface area contributed by atoms with Gasteiger partial charge < -0.3 is 14.8 Å². The van der Waals surface area contributed by atoms with Crippen molar-refractivity contribution in [2.45, 2.75) is 6.18 Å². The number of halogens is 5. The molecule has 0 radical (unpaired) electrons. The maximum absolute atomic E-state index is 13.2. The van der Waals surface area contributed by atoms with Crippen LogP contribution >= 0.6 is 23.2 Å². The number of aromatic amines is 1. The van der Waals surface area contributed by atoms with Gasteiger partial charge in [0.1, 0.15) is 11.6 Å². The molecule has 1 aromatic heterocycles. The van der Waals surface area contributed by atoms with Crippen LogP contribution in [0.15, 0.2) is 66.7 Å². The van der Waals surface area contributed by atoms with Gasteiger partial charge in [0.15, 0.2) is 0 Å². The quantitative estimate of drug-likeness (QED) is 0.249. The molecule has 0 saturated carbocycles. The average molecular weight is 533 g/mol. The maximum atomic E-state index is 13.2. The number of benzene rings is 3. The zero-order valence-electron chi connectivity index (χ0n) is 18.5. The van der Waals surface area contributed by atoms with Crippen LogP contribution in [0.1, 0.15) is 17.0 Å². The van der Waals surface area contributed by atoms with Crippen LogP contribution in [0.25, 0.3) is 34.2 Å². The molecule has 4 aromatic rings. The van der Waals surface area contributed by atoms with E-state index in [1.807, 2.05) is 0 Å². The molecule has 0 fully saturated rings.